The molecule has 0 aromatic carbocycles. The molecule has 2 rings (SSSR count). The van der Waals surface area contributed by atoms with E-state index in [1.54, 1.807) is 0 Å². The van der Waals surface area contributed by atoms with E-state index in [1.807, 2.05) is 0 Å². The van der Waals surface area contributed by atoms with Crippen LogP contribution < -0.4 is 11.5 Å². The van der Waals surface area contributed by atoms with Gasteiger partial charge in [0.15, 0.2) is 6.29 Å². The zero-order valence-corrected chi connectivity index (χ0v) is 10.9. The Kier molecular flexibility index (Phi) is 5.29. The van der Waals surface area contributed by atoms with E-state index in [0.717, 1.165) is 0 Å². The third-order valence-corrected chi connectivity index (χ3v) is 3.68. The van der Waals surface area contributed by atoms with Crippen LogP contribution in [0.3, 0.4) is 0 Å². The van der Waals surface area contributed by atoms with Crippen molar-refractivity contribution in [3.63, 3.8) is 0 Å². The van der Waals surface area contributed by atoms with Crippen LogP contribution in [0.25, 0.3) is 0 Å². The van der Waals surface area contributed by atoms with E-state index in [2.05, 4.69) is 0 Å². The zero-order chi connectivity index (χ0) is 14.9. The smallest absolute Gasteiger partial charge is 0.176 e. The van der Waals surface area contributed by atoms with Crippen LogP contribution in [0.2, 0.25) is 0 Å². The molecule has 0 amide bonds. The summed E-state index contributed by atoms with van der Waals surface area (Å²) >= 11 is 0. The highest BCUT2D eigenvalue weighted by Crippen LogP contribution is 2.25. The Hall–Kier alpha value is -0.360. The number of ether oxygens (including phenoxy) is 3. The molecule has 20 heavy (non-hydrogen) atoms. The largest absolute Gasteiger partial charge is 0.394 e. The van der Waals surface area contributed by atoms with Crippen molar-refractivity contribution in [3.8, 4) is 0 Å². The van der Waals surface area contributed by atoms with Crippen LogP contribution in [-0.4, -0.2) is 89.1 Å². The molecule has 2 fully saturated rings. The molecule has 0 radical (unpaired) electrons. The van der Waals surface area contributed by atoms with Gasteiger partial charge in [0.2, 0.25) is 0 Å². The lowest BCUT2D eigenvalue weighted by molar-refractivity contribution is -0.279. The van der Waals surface area contributed by atoms with Crippen LogP contribution in [-0.2, 0) is 14.2 Å². The van der Waals surface area contributed by atoms with Crippen molar-refractivity contribution in [1.82, 2.24) is 0 Å². The Bertz CT molecular complexity index is 319. The van der Waals surface area contributed by atoms with Crippen molar-refractivity contribution < 1.29 is 34.6 Å². The predicted octanol–water partition coefficient (Wildman–Crippen LogP) is -4.14. The molecular formula is C11H22N2O7. The van der Waals surface area contributed by atoms with Gasteiger partial charge in [0, 0.05) is 6.54 Å². The standard InChI is InChI=1S/C11H22N2O7/c12-1-5-8(16)9(17)7(13)11(19-5)20-10-4(15)3-18-6(10)2-14/h4-11,14-17H,1-3,12-13H2/t4-,5-,6+,7+,8+,9+,10-,11+/m0/s1. The van der Waals surface area contributed by atoms with E-state index in [0.29, 0.717) is 0 Å². The maximum absolute atomic E-state index is 9.85. The van der Waals surface area contributed by atoms with Gasteiger partial charge in [-0.05, 0) is 0 Å². The Morgan fingerprint density at radius 1 is 1.15 bits per heavy atom. The molecule has 0 aromatic heterocycles. The molecule has 0 unspecified atom stereocenters. The summed E-state index contributed by atoms with van der Waals surface area (Å²) in [5, 5.41) is 38.5. The average molecular weight is 294 g/mol. The monoisotopic (exact) mass is 294 g/mol. The highest BCUT2D eigenvalue weighted by molar-refractivity contribution is 4.94. The SMILES string of the molecule is NC[C@@H]1O[C@H](O[C@H]2[C@@H](O)CO[C@@H]2CO)[C@H](N)[C@@H](O)[C@@H]1O. The van der Waals surface area contributed by atoms with Gasteiger partial charge in [0.05, 0.1) is 19.3 Å². The van der Waals surface area contributed by atoms with Gasteiger partial charge in [0.25, 0.3) is 0 Å². The molecule has 9 nitrogen and oxygen atoms in total. The Morgan fingerprint density at radius 3 is 2.45 bits per heavy atom. The van der Waals surface area contributed by atoms with E-state index in [4.69, 9.17) is 30.8 Å². The molecule has 8 N–H and O–H groups in total. The molecule has 8 atom stereocenters. The first-order chi connectivity index (χ1) is 9.49. The van der Waals surface area contributed by atoms with Crippen molar-refractivity contribution in [2.24, 2.45) is 11.5 Å². The average Bonchev–Trinajstić information content (AvgIpc) is 2.80. The van der Waals surface area contributed by atoms with Crippen LogP contribution >= 0.6 is 0 Å². The lowest BCUT2D eigenvalue weighted by Gasteiger charge is -2.42. The van der Waals surface area contributed by atoms with Gasteiger partial charge >= 0.3 is 0 Å². The summed E-state index contributed by atoms with van der Waals surface area (Å²) in [6.07, 6.45) is -6.77. The third kappa shape index (κ3) is 2.96. The van der Waals surface area contributed by atoms with Crippen LogP contribution in [0.5, 0.6) is 0 Å². The normalized spacial score (nSPS) is 49.5. The zero-order valence-electron chi connectivity index (χ0n) is 10.9. The van der Waals surface area contributed by atoms with Crippen LogP contribution in [0.4, 0.5) is 0 Å². The maximum atomic E-state index is 9.85. The molecular weight excluding hydrogens is 272 g/mol. The molecule has 0 aliphatic carbocycles. The molecule has 2 aliphatic rings. The summed E-state index contributed by atoms with van der Waals surface area (Å²) in [6, 6.07) is -1.00. The molecule has 0 bridgehead atoms. The first-order valence-electron chi connectivity index (χ1n) is 6.52. The van der Waals surface area contributed by atoms with E-state index >= 15 is 0 Å². The predicted molar refractivity (Wildman–Crippen MR) is 65.4 cm³/mol. The summed E-state index contributed by atoms with van der Waals surface area (Å²) in [5.41, 5.74) is 11.2. The van der Waals surface area contributed by atoms with Gasteiger partial charge in [-0.25, -0.2) is 0 Å². The molecule has 0 spiro atoms. The lowest BCUT2D eigenvalue weighted by atomic mass is 9.97. The van der Waals surface area contributed by atoms with Crippen molar-refractivity contribution in [2.45, 2.75) is 49.0 Å². The number of nitrogens with two attached hydrogens (primary N) is 2. The maximum Gasteiger partial charge on any atom is 0.176 e. The minimum Gasteiger partial charge on any atom is -0.394 e. The van der Waals surface area contributed by atoms with Gasteiger partial charge in [-0.3, -0.25) is 0 Å². The number of hydrogen-bond acceptors (Lipinski definition) is 9. The number of aliphatic hydroxyl groups excluding tert-OH is 4. The van der Waals surface area contributed by atoms with Crippen molar-refractivity contribution in [2.75, 3.05) is 19.8 Å². The summed E-state index contributed by atoms with van der Waals surface area (Å²) in [6.45, 7) is -0.309. The molecule has 2 saturated heterocycles. The first kappa shape index (κ1) is 16.0. The van der Waals surface area contributed by atoms with Gasteiger partial charge in [-0.2, -0.15) is 0 Å². The third-order valence-electron chi connectivity index (χ3n) is 3.68. The minimum absolute atomic E-state index is 0.0159. The van der Waals surface area contributed by atoms with Gasteiger partial charge in [0.1, 0.15) is 36.6 Å². The molecule has 2 aliphatic heterocycles. The lowest BCUT2D eigenvalue weighted by Crippen LogP contribution is -2.64. The van der Waals surface area contributed by atoms with Gasteiger partial charge < -0.3 is 46.1 Å². The van der Waals surface area contributed by atoms with E-state index in [1.165, 1.54) is 0 Å². The van der Waals surface area contributed by atoms with E-state index in [9.17, 15) is 15.3 Å². The van der Waals surface area contributed by atoms with Crippen LogP contribution in [0, 0.1) is 0 Å². The summed E-state index contributed by atoms with van der Waals surface area (Å²) in [4.78, 5) is 0. The summed E-state index contributed by atoms with van der Waals surface area (Å²) < 4.78 is 16.1. The highest BCUT2D eigenvalue weighted by Gasteiger charge is 2.46. The fourth-order valence-electron chi connectivity index (χ4n) is 2.42. The van der Waals surface area contributed by atoms with Crippen molar-refractivity contribution in [1.29, 1.82) is 0 Å². The van der Waals surface area contributed by atoms with E-state index < -0.39 is 49.0 Å². The fraction of sp³-hybridized carbons (Fsp3) is 1.00. The second kappa shape index (κ2) is 6.60. The van der Waals surface area contributed by atoms with E-state index in [-0.39, 0.29) is 19.8 Å². The topological polar surface area (TPSA) is 161 Å². The van der Waals surface area contributed by atoms with Gasteiger partial charge in [-0.15, -0.1) is 0 Å². The quantitative estimate of drug-likeness (QED) is 0.302. The minimum atomic E-state index is -1.26. The first-order valence-corrected chi connectivity index (χ1v) is 6.52. The number of aliphatic hydroxyl groups is 4. The molecule has 118 valence electrons. The Morgan fingerprint density at radius 2 is 1.85 bits per heavy atom. The molecule has 0 saturated carbocycles. The van der Waals surface area contributed by atoms with Crippen LogP contribution in [0.15, 0.2) is 0 Å². The Balaban J connectivity index is 2.03. The van der Waals surface area contributed by atoms with Gasteiger partial charge in [-0.1, -0.05) is 0 Å². The summed E-state index contributed by atoms with van der Waals surface area (Å²) in [5.74, 6) is 0. The van der Waals surface area contributed by atoms with Crippen LogP contribution in [0.1, 0.15) is 0 Å². The second-order valence-corrected chi connectivity index (χ2v) is 5.06. The fourth-order valence-corrected chi connectivity index (χ4v) is 2.42. The number of rotatable bonds is 4. The van der Waals surface area contributed by atoms with Crippen molar-refractivity contribution in [3.05, 3.63) is 0 Å². The number of hydrogen-bond donors (Lipinski definition) is 6. The Labute approximate surface area is 116 Å². The molecule has 2 heterocycles. The highest BCUT2D eigenvalue weighted by atomic mass is 16.7. The second-order valence-electron chi connectivity index (χ2n) is 5.06. The van der Waals surface area contributed by atoms with Crippen molar-refractivity contribution >= 4 is 0 Å². The molecule has 0 aromatic rings. The molecule has 9 heteroatoms. The summed E-state index contributed by atoms with van der Waals surface area (Å²) in [7, 11) is 0.